The van der Waals surface area contributed by atoms with E-state index < -0.39 is 17.6 Å². The number of benzene rings is 1. The number of rotatable bonds is 4. The highest BCUT2D eigenvalue weighted by Crippen LogP contribution is 2.38. The summed E-state index contributed by atoms with van der Waals surface area (Å²) in [6, 6.07) is 3.10. The molecular weight excluding hydrogens is 373 g/mol. The molecule has 2 amide bonds. The molecule has 0 fully saturated rings. The number of carbonyl (C=O) groups excluding carboxylic acids is 2. The van der Waals surface area contributed by atoms with Gasteiger partial charge in [0.1, 0.15) is 0 Å². The molecule has 0 atom stereocenters. The van der Waals surface area contributed by atoms with Gasteiger partial charge >= 0.3 is 6.18 Å². The zero-order chi connectivity index (χ0) is 20.6. The van der Waals surface area contributed by atoms with Crippen molar-refractivity contribution < 1.29 is 22.8 Å². The van der Waals surface area contributed by atoms with Gasteiger partial charge in [0.2, 0.25) is 0 Å². The molecule has 6 nitrogen and oxygen atoms in total. The smallest absolute Gasteiger partial charge is 0.358 e. The van der Waals surface area contributed by atoms with Crippen LogP contribution in [0.25, 0.3) is 11.6 Å². The van der Waals surface area contributed by atoms with Crippen molar-refractivity contribution in [2.24, 2.45) is 5.73 Å². The van der Waals surface area contributed by atoms with Crippen LogP contribution < -0.4 is 16.4 Å². The van der Waals surface area contributed by atoms with Gasteiger partial charge < -0.3 is 21.4 Å². The maximum Gasteiger partial charge on any atom is 0.416 e. The molecule has 0 aliphatic carbocycles. The van der Waals surface area contributed by atoms with Crippen LogP contribution in [0.4, 0.5) is 18.9 Å². The van der Waals surface area contributed by atoms with Gasteiger partial charge in [-0.2, -0.15) is 13.2 Å². The lowest BCUT2D eigenvalue weighted by Gasteiger charge is -2.08. The summed E-state index contributed by atoms with van der Waals surface area (Å²) in [5, 5.41) is 5.23. The van der Waals surface area contributed by atoms with E-state index in [1.54, 1.807) is 13.8 Å². The van der Waals surface area contributed by atoms with Crippen LogP contribution in [0, 0.1) is 13.8 Å². The SMILES string of the molecule is Cc1[nH]c(/C=C2\C(=O)Nc3ccc(C(F)(F)F)cc32)c(C)c1C(=O)NCCN. The molecule has 1 aromatic carbocycles. The molecule has 28 heavy (non-hydrogen) atoms. The molecular formula is C19H19F3N4O2. The highest BCUT2D eigenvalue weighted by Gasteiger charge is 2.34. The largest absolute Gasteiger partial charge is 0.416 e. The minimum Gasteiger partial charge on any atom is -0.358 e. The molecule has 2 aromatic rings. The van der Waals surface area contributed by atoms with Crippen LogP contribution in [0.2, 0.25) is 0 Å². The zero-order valence-electron chi connectivity index (χ0n) is 15.3. The lowest BCUT2D eigenvalue weighted by molar-refractivity contribution is -0.137. The van der Waals surface area contributed by atoms with Crippen LogP contribution in [0.5, 0.6) is 0 Å². The fourth-order valence-electron chi connectivity index (χ4n) is 3.19. The van der Waals surface area contributed by atoms with Crippen molar-refractivity contribution in [1.82, 2.24) is 10.3 Å². The third-order valence-corrected chi connectivity index (χ3v) is 4.55. The summed E-state index contributed by atoms with van der Waals surface area (Å²) in [4.78, 5) is 27.6. The Morgan fingerprint density at radius 1 is 1.29 bits per heavy atom. The summed E-state index contributed by atoms with van der Waals surface area (Å²) >= 11 is 0. The van der Waals surface area contributed by atoms with E-state index in [0.717, 1.165) is 12.1 Å². The summed E-state index contributed by atoms with van der Waals surface area (Å²) in [7, 11) is 0. The predicted molar refractivity (Wildman–Crippen MR) is 99.6 cm³/mol. The van der Waals surface area contributed by atoms with Gasteiger partial charge in [0.05, 0.1) is 16.7 Å². The van der Waals surface area contributed by atoms with Crippen molar-refractivity contribution in [1.29, 1.82) is 0 Å². The number of hydrogen-bond acceptors (Lipinski definition) is 3. The van der Waals surface area contributed by atoms with Crippen LogP contribution in [0.15, 0.2) is 18.2 Å². The Labute approximate surface area is 159 Å². The Balaban J connectivity index is 2.04. The van der Waals surface area contributed by atoms with Crippen LogP contribution in [0.3, 0.4) is 0 Å². The average molecular weight is 392 g/mol. The summed E-state index contributed by atoms with van der Waals surface area (Å²) in [6.45, 7) is 4.02. The van der Waals surface area contributed by atoms with E-state index in [2.05, 4.69) is 15.6 Å². The molecule has 0 bridgehead atoms. The topological polar surface area (TPSA) is 100 Å². The van der Waals surface area contributed by atoms with Crippen molar-refractivity contribution in [3.8, 4) is 0 Å². The molecule has 1 aromatic heterocycles. The molecule has 1 aliphatic rings. The second kappa shape index (κ2) is 7.16. The van der Waals surface area contributed by atoms with Crippen LogP contribution >= 0.6 is 0 Å². The van der Waals surface area contributed by atoms with Crippen molar-refractivity contribution in [2.75, 3.05) is 18.4 Å². The summed E-state index contributed by atoms with van der Waals surface area (Å²) in [5.41, 5.74) is 7.20. The number of aryl methyl sites for hydroxylation is 1. The minimum atomic E-state index is -4.51. The first-order valence-corrected chi connectivity index (χ1v) is 8.55. The highest BCUT2D eigenvalue weighted by atomic mass is 19.4. The number of amides is 2. The normalized spacial score (nSPS) is 14.9. The number of aromatic nitrogens is 1. The van der Waals surface area contributed by atoms with Gasteiger partial charge in [0.25, 0.3) is 11.8 Å². The molecule has 0 saturated carbocycles. The van der Waals surface area contributed by atoms with E-state index >= 15 is 0 Å². The van der Waals surface area contributed by atoms with E-state index in [9.17, 15) is 22.8 Å². The fourth-order valence-corrected chi connectivity index (χ4v) is 3.19. The number of fused-ring (bicyclic) bond motifs is 1. The number of nitrogens with one attached hydrogen (secondary N) is 3. The molecule has 0 saturated heterocycles. The number of nitrogens with two attached hydrogens (primary N) is 1. The fraction of sp³-hybridized carbons (Fsp3) is 0.263. The lowest BCUT2D eigenvalue weighted by atomic mass is 10.0. The van der Waals surface area contributed by atoms with Gasteiger partial charge in [-0.3, -0.25) is 9.59 Å². The van der Waals surface area contributed by atoms with Gasteiger partial charge in [0, 0.05) is 35.7 Å². The molecule has 0 spiro atoms. The van der Waals surface area contributed by atoms with Crippen molar-refractivity contribution in [3.63, 3.8) is 0 Å². The first kappa shape index (κ1) is 19.7. The van der Waals surface area contributed by atoms with E-state index in [0.29, 0.717) is 41.3 Å². The number of H-pyrrole nitrogens is 1. The zero-order valence-corrected chi connectivity index (χ0v) is 15.3. The van der Waals surface area contributed by atoms with Gasteiger partial charge in [0.15, 0.2) is 0 Å². The molecule has 1 aliphatic heterocycles. The lowest BCUT2D eigenvalue weighted by Crippen LogP contribution is -2.29. The van der Waals surface area contributed by atoms with Gasteiger partial charge in [-0.15, -0.1) is 0 Å². The third-order valence-electron chi connectivity index (χ3n) is 4.55. The molecule has 9 heteroatoms. The Kier molecular flexibility index (Phi) is 5.03. The minimum absolute atomic E-state index is 0.0966. The maximum absolute atomic E-state index is 13.0. The molecule has 0 unspecified atom stereocenters. The maximum atomic E-state index is 13.0. The Hall–Kier alpha value is -3.07. The monoisotopic (exact) mass is 392 g/mol. The molecule has 148 valence electrons. The van der Waals surface area contributed by atoms with Crippen molar-refractivity contribution >= 4 is 29.2 Å². The molecule has 5 N–H and O–H groups in total. The van der Waals surface area contributed by atoms with Gasteiger partial charge in [-0.25, -0.2) is 0 Å². The van der Waals surface area contributed by atoms with E-state index in [1.165, 1.54) is 12.1 Å². The second-order valence-electron chi connectivity index (χ2n) is 6.48. The van der Waals surface area contributed by atoms with Crippen molar-refractivity contribution in [3.05, 3.63) is 51.8 Å². The third kappa shape index (κ3) is 3.53. The highest BCUT2D eigenvalue weighted by molar-refractivity contribution is 6.35. The predicted octanol–water partition coefficient (Wildman–Crippen LogP) is 2.83. The number of hydrogen-bond donors (Lipinski definition) is 4. The Morgan fingerprint density at radius 2 is 2.00 bits per heavy atom. The van der Waals surface area contributed by atoms with Crippen LogP contribution in [0.1, 0.15) is 38.4 Å². The van der Waals surface area contributed by atoms with Gasteiger partial charge in [-0.1, -0.05) is 0 Å². The quantitative estimate of drug-likeness (QED) is 0.602. The number of aromatic amines is 1. The first-order chi connectivity index (χ1) is 13.1. The second-order valence-corrected chi connectivity index (χ2v) is 6.48. The number of anilines is 1. The summed E-state index contributed by atoms with van der Waals surface area (Å²) < 4.78 is 39.1. The van der Waals surface area contributed by atoms with Crippen LogP contribution in [-0.4, -0.2) is 29.9 Å². The van der Waals surface area contributed by atoms with Gasteiger partial charge in [-0.05, 0) is 43.7 Å². The van der Waals surface area contributed by atoms with E-state index in [1.807, 2.05) is 0 Å². The average Bonchev–Trinajstić information content (AvgIpc) is 3.08. The molecule has 3 rings (SSSR count). The molecule has 2 heterocycles. The standard InChI is InChI=1S/C19H19F3N4O2/c1-9-15(25-10(2)16(9)18(28)24-6-5-23)8-13-12-7-11(19(20,21)22)3-4-14(12)26-17(13)27/h3-4,7-8,25H,5-6,23H2,1-2H3,(H,24,28)(H,26,27)/b13-8-. The Morgan fingerprint density at radius 3 is 2.64 bits per heavy atom. The summed E-state index contributed by atoms with van der Waals surface area (Å²) in [5.74, 6) is -0.813. The number of alkyl halides is 3. The summed E-state index contributed by atoms with van der Waals surface area (Å²) in [6.07, 6.45) is -3.05. The van der Waals surface area contributed by atoms with Crippen LogP contribution in [-0.2, 0) is 11.0 Å². The first-order valence-electron chi connectivity index (χ1n) is 8.55. The van der Waals surface area contributed by atoms with Crippen molar-refractivity contribution in [2.45, 2.75) is 20.0 Å². The number of halogens is 3. The van der Waals surface area contributed by atoms with E-state index in [-0.39, 0.29) is 17.0 Å². The Bertz CT molecular complexity index is 990. The molecule has 0 radical (unpaired) electrons. The van der Waals surface area contributed by atoms with E-state index in [4.69, 9.17) is 5.73 Å². The number of carbonyl (C=O) groups is 2.